The van der Waals surface area contributed by atoms with Gasteiger partial charge in [-0.15, -0.1) is 0 Å². The Labute approximate surface area is 104 Å². The van der Waals surface area contributed by atoms with Gasteiger partial charge in [0.25, 0.3) is 0 Å². The lowest BCUT2D eigenvalue weighted by Crippen LogP contribution is -2.40. The van der Waals surface area contributed by atoms with Crippen LogP contribution in [0.15, 0.2) is 0 Å². The van der Waals surface area contributed by atoms with Crippen molar-refractivity contribution in [2.75, 3.05) is 13.1 Å². The molecule has 2 saturated carbocycles. The molecule has 98 valence electrons. The zero-order valence-electron chi connectivity index (χ0n) is 10.7. The van der Waals surface area contributed by atoms with E-state index in [1.54, 1.807) is 0 Å². The minimum absolute atomic E-state index is 0.0494. The van der Waals surface area contributed by atoms with Crippen molar-refractivity contribution in [1.82, 2.24) is 5.32 Å². The van der Waals surface area contributed by atoms with Crippen molar-refractivity contribution in [2.45, 2.75) is 57.8 Å². The maximum atomic E-state index is 11.0. The second-order valence-corrected chi connectivity index (χ2v) is 6.06. The SMILES string of the molecule is O=C(O)CC1(CNCC2CCC2)CCCCC1. The molecular weight excluding hydrogens is 214 g/mol. The quantitative estimate of drug-likeness (QED) is 0.749. The van der Waals surface area contributed by atoms with E-state index in [9.17, 15) is 4.79 Å². The van der Waals surface area contributed by atoms with Crippen LogP contribution in [0.4, 0.5) is 0 Å². The summed E-state index contributed by atoms with van der Waals surface area (Å²) in [6.07, 6.45) is 10.3. The Morgan fingerprint density at radius 3 is 2.41 bits per heavy atom. The average Bonchev–Trinajstić information content (AvgIpc) is 2.22. The largest absolute Gasteiger partial charge is 0.481 e. The third kappa shape index (κ3) is 3.70. The number of rotatable bonds is 6. The van der Waals surface area contributed by atoms with E-state index in [1.807, 2.05) is 0 Å². The van der Waals surface area contributed by atoms with Crippen molar-refractivity contribution in [3.8, 4) is 0 Å². The van der Waals surface area contributed by atoms with Gasteiger partial charge in [-0.1, -0.05) is 25.7 Å². The van der Waals surface area contributed by atoms with Crippen LogP contribution in [0.5, 0.6) is 0 Å². The van der Waals surface area contributed by atoms with Crippen LogP contribution in [-0.4, -0.2) is 24.2 Å². The number of nitrogens with one attached hydrogen (secondary N) is 1. The predicted molar refractivity (Wildman–Crippen MR) is 68.0 cm³/mol. The molecule has 0 aromatic heterocycles. The van der Waals surface area contributed by atoms with E-state index in [0.717, 1.165) is 31.8 Å². The van der Waals surface area contributed by atoms with Crippen molar-refractivity contribution in [2.24, 2.45) is 11.3 Å². The number of carbonyl (C=O) groups is 1. The van der Waals surface area contributed by atoms with Crippen LogP contribution >= 0.6 is 0 Å². The van der Waals surface area contributed by atoms with E-state index in [2.05, 4.69) is 5.32 Å². The first-order valence-corrected chi connectivity index (χ1v) is 7.13. The van der Waals surface area contributed by atoms with Gasteiger partial charge in [-0.3, -0.25) is 4.79 Å². The second-order valence-electron chi connectivity index (χ2n) is 6.06. The lowest BCUT2D eigenvalue weighted by molar-refractivity contribution is -0.140. The lowest BCUT2D eigenvalue weighted by atomic mass is 9.71. The Hall–Kier alpha value is -0.570. The summed E-state index contributed by atoms with van der Waals surface area (Å²) >= 11 is 0. The van der Waals surface area contributed by atoms with E-state index >= 15 is 0 Å². The van der Waals surface area contributed by atoms with Gasteiger partial charge in [0.2, 0.25) is 0 Å². The lowest BCUT2D eigenvalue weighted by Gasteiger charge is -2.37. The molecule has 2 fully saturated rings. The third-order valence-corrected chi connectivity index (χ3v) is 4.60. The zero-order chi connectivity index (χ0) is 12.1. The van der Waals surface area contributed by atoms with Crippen molar-refractivity contribution in [3.63, 3.8) is 0 Å². The van der Waals surface area contributed by atoms with Gasteiger partial charge in [-0.05, 0) is 43.6 Å². The van der Waals surface area contributed by atoms with Gasteiger partial charge in [-0.2, -0.15) is 0 Å². The summed E-state index contributed by atoms with van der Waals surface area (Å²) in [5.74, 6) is 0.234. The first-order valence-electron chi connectivity index (χ1n) is 7.13. The Kier molecular flexibility index (Phi) is 4.43. The van der Waals surface area contributed by atoms with Crippen LogP contribution in [0, 0.1) is 11.3 Å². The molecule has 17 heavy (non-hydrogen) atoms. The highest BCUT2D eigenvalue weighted by molar-refractivity contribution is 5.67. The number of hydrogen-bond acceptors (Lipinski definition) is 2. The normalized spacial score (nSPS) is 24.2. The number of aliphatic carboxylic acids is 1. The summed E-state index contributed by atoms with van der Waals surface area (Å²) in [5, 5.41) is 12.6. The Morgan fingerprint density at radius 1 is 1.18 bits per heavy atom. The van der Waals surface area contributed by atoms with Gasteiger partial charge in [0, 0.05) is 6.54 Å². The molecule has 0 atom stereocenters. The van der Waals surface area contributed by atoms with Gasteiger partial charge in [-0.25, -0.2) is 0 Å². The fourth-order valence-corrected chi connectivity index (χ4v) is 3.28. The van der Waals surface area contributed by atoms with Gasteiger partial charge in [0.05, 0.1) is 6.42 Å². The molecule has 0 radical (unpaired) electrons. The standard InChI is InChI=1S/C14H25NO2/c16-13(17)9-14(7-2-1-3-8-14)11-15-10-12-5-4-6-12/h12,15H,1-11H2,(H,16,17). The fourth-order valence-electron chi connectivity index (χ4n) is 3.28. The molecule has 0 spiro atoms. The molecule has 2 aliphatic carbocycles. The van der Waals surface area contributed by atoms with Crippen molar-refractivity contribution in [1.29, 1.82) is 0 Å². The minimum Gasteiger partial charge on any atom is -0.481 e. The highest BCUT2D eigenvalue weighted by atomic mass is 16.4. The predicted octanol–water partition coefficient (Wildman–Crippen LogP) is 2.80. The summed E-state index contributed by atoms with van der Waals surface area (Å²) in [4.78, 5) is 11.0. The molecule has 0 bridgehead atoms. The highest BCUT2D eigenvalue weighted by Gasteiger charge is 2.34. The summed E-state index contributed by atoms with van der Waals surface area (Å²) < 4.78 is 0. The first-order chi connectivity index (χ1) is 8.20. The van der Waals surface area contributed by atoms with E-state index < -0.39 is 5.97 Å². The summed E-state index contributed by atoms with van der Waals surface area (Å²) in [7, 11) is 0. The van der Waals surface area contributed by atoms with Crippen LogP contribution in [-0.2, 0) is 4.79 Å². The maximum absolute atomic E-state index is 11.0. The van der Waals surface area contributed by atoms with E-state index in [4.69, 9.17) is 5.11 Å². The molecule has 2 rings (SSSR count). The van der Waals surface area contributed by atoms with Crippen LogP contribution in [0.25, 0.3) is 0 Å². The van der Waals surface area contributed by atoms with Gasteiger partial charge in [0.1, 0.15) is 0 Å². The monoisotopic (exact) mass is 239 g/mol. The molecule has 3 nitrogen and oxygen atoms in total. The number of carboxylic acids is 1. The van der Waals surface area contributed by atoms with E-state index in [0.29, 0.717) is 6.42 Å². The molecule has 2 aliphatic rings. The Morgan fingerprint density at radius 2 is 1.88 bits per heavy atom. The second kappa shape index (κ2) is 5.85. The summed E-state index contributed by atoms with van der Waals surface area (Å²) in [5.41, 5.74) is 0.0494. The Balaban J connectivity index is 1.78. The molecule has 2 N–H and O–H groups in total. The molecule has 0 unspecified atom stereocenters. The van der Waals surface area contributed by atoms with Crippen molar-refractivity contribution in [3.05, 3.63) is 0 Å². The molecule has 0 amide bonds. The third-order valence-electron chi connectivity index (χ3n) is 4.60. The van der Waals surface area contributed by atoms with E-state index in [-0.39, 0.29) is 5.41 Å². The topological polar surface area (TPSA) is 49.3 Å². The van der Waals surface area contributed by atoms with Gasteiger partial charge < -0.3 is 10.4 Å². The zero-order valence-corrected chi connectivity index (χ0v) is 10.7. The van der Waals surface area contributed by atoms with Crippen molar-refractivity contribution >= 4 is 5.97 Å². The summed E-state index contributed by atoms with van der Waals surface area (Å²) in [6.45, 7) is 2.01. The molecule has 0 aromatic carbocycles. The highest BCUT2D eigenvalue weighted by Crippen LogP contribution is 2.39. The van der Waals surface area contributed by atoms with Crippen LogP contribution < -0.4 is 5.32 Å². The number of hydrogen-bond donors (Lipinski definition) is 2. The smallest absolute Gasteiger partial charge is 0.303 e. The minimum atomic E-state index is -0.627. The van der Waals surface area contributed by atoms with Crippen molar-refractivity contribution < 1.29 is 9.90 Å². The molecule has 0 heterocycles. The molecule has 3 heteroatoms. The van der Waals surface area contributed by atoms with Crippen LogP contribution in [0.1, 0.15) is 57.8 Å². The fraction of sp³-hybridized carbons (Fsp3) is 0.929. The summed E-state index contributed by atoms with van der Waals surface area (Å²) in [6, 6.07) is 0. The van der Waals surface area contributed by atoms with Gasteiger partial charge >= 0.3 is 5.97 Å². The first kappa shape index (κ1) is 12.9. The molecular formula is C14H25NO2. The molecule has 0 aliphatic heterocycles. The molecule has 0 aromatic rings. The van der Waals surface area contributed by atoms with Crippen LogP contribution in [0.2, 0.25) is 0 Å². The maximum Gasteiger partial charge on any atom is 0.303 e. The average molecular weight is 239 g/mol. The van der Waals surface area contributed by atoms with Crippen LogP contribution in [0.3, 0.4) is 0 Å². The van der Waals surface area contributed by atoms with E-state index in [1.165, 1.54) is 38.5 Å². The van der Waals surface area contributed by atoms with Gasteiger partial charge in [0.15, 0.2) is 0 Å². The molecule has 0 saturated heterocycles. The number of carboxylic acid groups (broad SMARTS) is 1. The Bertz CT molecular complexity index is 255.